The number of allylic oxidation sites excluding steroid dienone is 2. The second kappa shape index (κ2) is 41.2. The summed E-state index contributed by atoms with van der Waals surface area (Å²) < 4.78 is 93.0. The Morgan fingerprint density at radius 1 is 0.586 bits per heavy atom. The smallest absolute Gasteiger partial charge is 0.300 e. The highest BCUT2D eigenvalue weighted by atomic mass is 35.5. The van der Waals surface area contributed by atoms with Crippen LogP contribution >= 0.6 is 23.8 Å². The van der Waals surface area contributed by atoms with E-state index in [1.165, 1.54) is 40.2 Å². The lowest BCUT2D eigenvalue weighted by Gasteiger charge is -2.24. The number of benzene rings is 1. The van der Waals surface area contributed by atoms with E-state index in [0.717, 1.165) is 19.8 Å². The summed E-state index contributed by atoms with van der Waals surface area (Å²) in [5, 5.41) is 92.5. The number of H-pyrrole nitrogens is 2. The van der Waals surface area contributed by atoms with E-state index < -0.39 is 127 Å². The van der Waals surface area contributed by atoms with Gasteiger partial charge in [0.05, 0.1) is 56.8 Å². The van der Waals surface area contributed by atoms with Crippen LogP contribution in [0.5, 0.6) is 0 Å². The Hall–Kier alpha value is -10.3. The van der Waals surface area contributed by atoms with E-state index in [9.17, 15) is 39.3 Å². The number of aliphatic carboxylic acids is 1. The number of aromatic nitrogens is 12. The van der Waals surface area contributed by atoms with Crippen molar-refractivity contribution in [1.82, 2.24) is 64.4 Å². The van der Waals surface area contributed by atoms with E-state index in [-0.39, 0.29) is 124 Å². The third-order valence-electron chi connectivity index (χ3n) is 20.5. The highest BCUT2D eigenvalue weighted by molar-refractivity contribution is 7.80. The van der Waals surface area contributed by atoms with Crippen LogP contribution in [0, 0.1) is 46.8 Å². The zero-order valence-electron chi connectivity index (χ0n) is 73.1. The van der Waals surface area contributed by atoms with E-state index in [1.807, 2.05) is 47.6 Å². The number of halogens is 1. The second-order valence-electron chi connectivity index (χ2n) is 32.7. The lowest BCUT2D eigenvalue weighted by Crippen LogP contribution is -2.36. The number of aromatic amines is 2. The van der Waals surface area contributed by atoms with Gasteiger partial charge in [-0.15, -0.1) is 0 Å². The lowest BCUT2D eigenvalue weighted by molar-refractivity contribution is -0.223. The number of nitriles is 3. The summed E-state index contributed by atoms with van der Waals surface area (Å²) in [6, 6.07) is 13.9. The van der Waals surface area contributed by atoms with Gasteiger partial charge in [0.25, 0.3) is 28.9 Å². The lowest BCUT2D eigenvalue weighted by atomic mass is 10.1. The van der Waals surface area contributed by atoms with Crippen molar-refractivity contribution in [3.05, 3.63) is 110 Å². The number of hydrogen-bond donors (Lipinski definition) is 12. The minimum absolute atomic E-state index is 0.0216. The number of carbonyl (C=O) groups excluding carboxylic acids is 3. The van der Waals surface area contributed by atoms with Crippen molar-refractivity contribution < 1.29 is 116 Å². The molecular formula is C80H107ClN20O26S. The standard InChI is InChI=1S/C20H23N5O6S.C15H20N4O4.C14H19N5O4.C12H16N4O4.C8H14O5.C5H4N2.C4H7ClO.C2H4O2/c1-20(2)30-13-12(9-26)29-18(14(13)31-20)25-16(11(8-22-25)15(21)27)23-19(32)24-17(28)10-6-4-3-5-7-10;1-5-9-10-11(23-15(3,4)22-10)14(21-9)19-12-8(6-16-19)13(20)18-7(2)17-12;1-4-7-8-9(23-14(2,3)22-8)12(21-7)19-10-6(5-16-19)11(20)18-13(15)17-10;1-12(2)19-8-7(5-17)18-11(9(8)20-12)16-10(14)6(3-13)4-15-16;1-8(2)12-5-4(3-9)11-7(10)6(5)13-8;1-2-5(3-6)4-7;1-3(2)4(5)6;1-2(3)4/h3-8,12-14,18,26H,9H2,1-2H3,(H2,21,27)(H2,23,24,28,32);6,9-11,14H,5H2,1-4H3,(H,17,18,20);5,7-9,12H,4H2,1-3H3,(H3,15,17,18,20);4,7-9,11,17H,5,14H2,1-2H3;4-7,9-10H,3H2,1-2H3;2H,1H3;3H,1-2H3;1H3,(H,3,4)/t12-,13?,14+,18-;9-,10?,11+,14-;7-,8?,9+,12-;7-,8?,9+,11-;4-,5?,6+,7?;;;/m11111.../s1. The van der Waals surface area contributed by atoms with Crippen LogP contribution in [0.1, 0.15) is 181 Å². The van der Waals surface area contributed by atoms with Gasteiger partial charge in [0.2, 0.25) is 11.2 Å². The van der Waals surface area contributed by atoms with Crippen LogP contribution < -0.4 is 39.0 Å². The number of carbonyl (C=O) groups is 4. The van der Waals surface area contributed by atoms with Gasteiger partial charge in [-0.25, -0.2) is 23.7 Å². The Kier molecular flexibility index (Phi) is 32.1. The number of nitrogens with zero attached hydrogens (tertiary/aromatic N) is 13. The van der Waals surface area contributed by atoms with Crippen molar-refractivity contribution in [2.45, 2.75) is 282 Å². The van der Waals surface area contributed by atoms with Crippen molar-refractivity contribution in [2.75, 3.05) is 36.6 Å². The van der Waals surface area contributed by atoms with Gasteiger partial charge in [0, 0.05) is 18.4 Å². The summed E-state index contributed by atoms with van der Waals surface area (Å²) in [5.74, 6) is -4.83. The molecule has 2 amide bonds. The predicted octanol–water partition coefficient (Wildman–Crippen LogP) is 3.74. The van der Waals surface area contributed by atoms with Crippen LogP contribution in [0.15, 0.2) is 76.4 Å². The molecule has 0 spiro atoms. The number of hydrogen-bond acceptors (Lipinski definition) is 37. The molecule has 7 aromatic rings. The average Bonchev–Trinajstić information content (AvgIpc) is 1.59. The van der Waals surface area contributed by atoms with Gasteiger partial charge >= 0.3 is 0 Å². The maximum atomic E-state index is 12.4. The molecule has 6 unspecified atom stereocenters. The SMILES string of the molecule is CC(=O)O.CC(C)C(=O)Cl.CC1(C)OC2[C@@H](CO)O[C@@H](n3ncc(C#N)c3N)[C@H]2O1.CC1(C)OC2[C@@H](CO)O[C@@H](n3ncc(C(N)=O)c3NC(=S)NC(=O)c3ccccc3)[C@H]2O1.CC1(C)OC2[C@H](O1)C(O)O[C@@H]2CO.CC=C(C#N)C#N.CC[C@H]1O[C@@H](n2ncc3c(=O)[nH]c(C)nc32)[C@H]2OC(C)(C)OC12.CC[C@H]1O[C@@H](n2ncc3c(=O)[nH]c(N)nc32)[C@H]2OC(C)(C)OC12. The van der Waals surface area contributed by atoms with E-state index in [1.54, 1.807) is 121 Å². The molecule has 10 aliphatic rings. The van der Waals surface area contributed by atoms with Gasteiger partial charge in [-0.3, -0.25) is 39.1 Å². The zero-order chi connectivity index (χ0) is 94.3. The molecule has 10 saturated heterocycles. The van der Waals surface area contributed by atoms with Gasteiger partial charge in [-0.2, -0.15) is 41.2 Å². The number of aliphatic hydroxyl groups excluding tert-OH is 4. The molecule has 0 radical (unpaired) electrons. The molecule has 46 nitrogen and oxygen atoms in total. The number of aryl methyl sites for hydroxylation is 1. The Morgan fingerprint density at radius 3 is 1.34 bits per heavy atom. The van der Waals surface area contributed by atoms with Gasteiger partial charge in [-0.05, 0) is 132 Å². The quantitative estimate of drug-likeness (QED) is 0.0444. The minimum atomic E-state index is -0.996. The fraction of sp³-hybridized carbons (Fsp3) is 0.600. The third-order valence-corrected chi connectivity index (χ3v) is 21.1. The molecular weight excluding hydrogens is 1720 g/mol. The number of anilines is 3. The number of fused-ring (bicyclic) bond motifs is 7. The summed E-state index contributed by atoms with van der Waals surface area (Å²) >= 11 is 10.2. The number of rotatable bonds is 13. The number of carboxylic acids is 1. The maximum Gasteiger partial charge on any atom is 0.300 e. The molecule has 16 heterocycles. The highest BCUT2D eigenvalue weighted by Gasteiger charge is 2.61. The van der Waals surface area contributed by atoms with Gasteiger partial charge in [0.15, 0.2) is 76.5 Å². The van der Waals surface area contributed by atoms with Crippen molar-refractivity contribution in [3.8, 4) is 18.2 Å². The molecule has 696 valence electrons. The number of amides is 2. The fourth-order valence-electron chi connectivity index (χ4n) is 15.1. The molecule has 20 atom stereocenters. The van der Waals surface area contributed by atoms with Gasteiger partial charge < -0.3 is 124 Å². The predicted molar refractivity (Wildman–Crippen MR) is 449 cm³/mol. The number of thiocarbonyl (C=S) groups is 1. The van der Waals surface area contributed by atoms with Crippen LogP contribution in [0.3, 0.4) is 0 Å². The molecule has 10 fully saturated rings. The first-order valence-corrected chi connectivity index (χ1v) is 41.4. The number of ether oxygens (including phenoxy) is 15. The summed E-state index contributed by atoms with van der Waals surface area (Å²) in [6.45, 7) is 29.6. The number of carboxylic acid groups (broad SMARTS) is 1. The van der Waals surface area contributed by atoms with Crippen LogP contribution in [0.25, 0.3) is 22.1 Å². The Balaban J connectivity index is 0.000000162. The zero-order valence-corrected chi connectivity index (χ0v) is 74.6. The molecule has 0 saturated carbocycles. The van der Waals surface area contributed by atoms with Crippen molar-refractivity contribution in [1.29, 1.82) is 15.8 Å². The summed E-state index contributed by atoms with van der Waals surface area (Å²) in [4.78, 5) is 81.0. The largest absolute Gasteiger partial charge is 0.481 e. The minimum Gasteiger partial charge on any atom is -0.481 e. The van der Waals surface area contributed by atoms with Crippen LogP contribution in [-0.4, -0.2) is 259 Å². The first kappa shape index (κ1) is 99.8. The average molecular weight is 1830 g/mol. The second-order valence-corrected chi connectivity index (χ2v) is 33.4. The van der Waals surface area contributed by atoms with E-state index in [2.05, 4.69) is 51.0 Å². The van der Waals surface area contributed by atoms with E-state index >= 15 is 0 Å². The van der Waals surface area contributed by atoms with Crippen LogP contribution in [0.4, 0.5) is 17.6 Å². The Morgan fingerprint density at radius 2 is 0.953 bits per heavy atom. The van der Waals surface area contributed by atoms with Crippen molar-refractivity contribution >= 4 is 91.6 Å². The first-order valence-electron chi connectivity index (χ1n) is 40.6. The van der Waals surface area contributed by atoms with E-state index in [4.69, 9.17) is 143 Å². The number of primary amides is 1. The number of nitrogens with one attached hydrogen (secondary N) is 4. The van der Waals surface area contributed by atoms with Gasteiger partial charge in [-0.1, -0.05) is 52.0 Å². The first-order chi connectivity index (χ1) is 60.2. The maximum absolute atomic E-state index is 12.4. The normalized spacial score (nSPS) is 29.4. The molecule has 10 aliphatic heterocycles. The fourth-order valence-corrected chi connectivity index (χ4v) is 15.3. The highest BCUT2D eigenvalue weighted by Crippen LogP contribution is 2.49. The van der Waals surface area contributed by atoms with Crippen LogP contribution in [0.2, 0.25) is 0 Å². The molecule has 17 rings (SSSR count). The molecule has 0 bridgehead atoms. The third kappa shape index (κ3) is 22.9. The topological polar surface area (TPSA) is 644 Å². The monoisotopic (exact) mass is 1830 g/mol. The molecule has 15 N–H and O–H groups in total. The number of nitrogen functional groups attached to an aromatic ring is 2. The molecule has 1 aromatic carbocycles. The molecule has 128 heavy (non-hydrogen) atoms. The van der Waals surface area contributed by atoms with Crippen molar-refractivity contribution in [2.24, 2.45) is 11.7 Å². The molecule has 6 aromatic heterocycles. The van der Waals surface area contributed by atoms with Crippen LogP contribution in [-0.2, 0) is 80.6 Å². The summed E-state index contributed by atoms with van der Waals surface area (Å²) in [7, 11) is 0. The van der Waals surface area contributed by atoms with Crippen molar-refractivity contribution in [3.63, 3.8) is 0 Å². The summed E-state index contributed by atoms with van der Waals surface area (Å²) in [6.07, 6.45) is -0.370. The Bertz CT molecular complexity index is 5250. The number of nitrogens with two attached hydrogens (primary N) is 3. The van der Waals surface area contributed by atoms with Gasteiger partial charge in [0.1, 0.15) is 142 Å². The Labute approximate surface area is 742 Å². The summed E-state index contributed by atoms with van der Waals surface area (Å²) in [5.41, 5.74) is 18.2. The molecule has 0 aliphatic carbocycles. The number of aliphatic hydroxyl groups is 4. The van der Waals surface area contributed by atoms with E-state index in [0.29, 0.717) is 33.5 Å². The molecule has 48 heteroatoms.